The molecular formula is C18H14N2O4. The minimum atomic E-state index is -0.433. The third kappa shape index (κ3) is 2.58. The molecule has 0 fully saturated rings. The van der Waals surface area contributed by atoms with Gasteiger partial charge in [0.2, 0.25) is 6.79 Å². The maximum absolute atomic E-state index is 12.3. The summed E-state index contributed by atoms with van der Waals surface area (Å²) in [5.74, 6) is 1.20. The number of ether oxygens (including phenoxy) is 3. The summed E-state index contributed by atoms with van der Waals surface area (Å²) < 4.78 is 17.7. The average molecular weight is 322 g/mol. The summed E-state index contributed by atoms with van der Waals surface area (Å²) in [4.78, 5) is 12.3. The molecule has 0 amide bonds. The van der Waals surface area contributed by atoms with E-state index in [2.05, 4.69) is 5.10 Å². The number of hydrogen-bond donors (Lipinski definition) is 0. The van der Waals surface area contributed by atoms with Gasteiger partial charge in [0.15, 0.2) is 11.5 Å². The highest BCUT2D eigenvalue weighted by Crippen LogP contribution is 2.35. The Morgan fingerprint density at radius 2 is 1.88 bits per heavy atom. The number of carbonyl (C=O) groups excluding carboxylic acids is 1. The van der Waals surface area contributed by atoms with Crippen LogP contribution in [0.2, 0.25) is 0 Å². The molecule has 1 aromatic heterocycles. The van der Waals surface area contributed by atoms with Gasteiger partial charge >= 0.3 is 5.97 Å². The maximum Gasteiger partial charge on any atom is 0.343 e. The van der Waals surface area contributed by atoms with Gasteiger partial charge in [0.25, 0.3) is 0 Å². The molecule has 0 N–H and O–H groups in total. The van der Waals surface area contributed by atoms with E-state index in [0.717, 1.165) is 11.4 Å². The second-order valence-electron chi connectivity index (χ2n) is 5.34. The van der Waals surface area contributed by atoms with Gasteiger partial charge in [0.05, 0.1) is 11.3 Å². The minimum Gasteiger partial charge on any atom is -0.454 e. The molecule has 6 heteroatoms. The highest BCUT2D eigenvalue weighted by Gasteiger charge is 2.16. The molecule has 6 nitrogen and oxygen atoms in total. The Labute approximate surface area is 138 Å². The average Bonchev–Trinajstić information content (AvgIpc) is 3.23. The fourth-order valence-electron chi connectivity index (χ4n) is 2.48. The van der Waals surface area contributed by atoms with Crippen molar-refractivity contribution < 1.29 is 19.0 Å². The first-order valence-electron chi connectivity index (χ1n) is 7.43. The summed E-state index contributed by atoms with van der Waals surface area (Å²) in [6.07, 6.45) is 1.73. The van der Waals surface area contributed by atoms with E-state index in [1.165, 1.54) is 0 Å². The van der Waals surface area contributed by atoms with Crippen molar-refractivity contribution in [2.45, 2.75) is 6.92 Å². The van der Waals surface area contributed by atoms with Crippen LogP contribution < -0.4 is 14.2 Å². The Hall–Kier alpha value is -3.28. The zero-order valence-corrected chi connectivity index (χ0v) is 12.9. The van der Waals surface area contributed by atoms with Crippen LogP contribution in [0.3, 0.4) is 0 Å². The molecule has 4 rings (SSSR count). The Kier molecular flexibility index (Phi) is 3.42. The molecule has 0 aliphatic carbocycles. The number of aryl methyl sites for hydroxylation is 1. The Balaban J connectivity index is 1.51. The number of carbonyl (C=O) groups is 1. The summed E-state index contributed by atoms with van der Waals surface area (Å²) in [5.41, 5.74) is 2.36. The highest BCUT2D eigenvalue weighted by molar-refractivity contribution is 5.91. The predicted octanol–water partition coefficient (Wildman–Crippen LogP) is 3.13. The second kappa shape index (κ2) is 5.73. The van der Waals surface area contributed by atoms with Crippen LogP contribution in [0.4, 0.5) is 0 Å². The topological polar surface area (TPSA) is 62.6 Å². The first kappa shape index (κ1) is 14.3. The van der Waals surface area contributed by atoms with Crippen molar-refractivity contribution in [2.75, 3.05) is 6.79 Å². The number of rotatable bonds is 3. The van der Waals surface area contributed by atoms with Crippen molar-refractivity contribution in [3.05, 3.63) is 66.0 Å². The molecule has 2 heterocycles. The van der Waals surface area contributed by atoms with Gasteiger partial charge in [-0.25, -0.2) is 9.48 Å². The van der Waals surface area contributed by atoms with Gasteiger partial charge in [0.1, 0.15) is 5.75 Å². The van der Waals surface area contributed by atoms with E-state index in [-0.39, 0.29) is 6.79 Å². The van der Waals surface area contributed by atoms with Crippen LogP contribution in [0.1, 0.15) is 16.1 Å². The van der Waals surface area contributed by atoms with Crippen LogP contribution in [0, 0.1) is 6.92 Å². The van der Waals surface area contributed by atoms with Gasteiger partial charge in [-0.1, -0.05) is 0 Å². The van der Waals surface area contributed by atoms with Crippen LogP contribution >= 0.6 is 0 Å². The molecule has 120 valence electrons. The summed E-state index contributed by atoms with van der Waals surface area (Å²) in [7, 11) is 0. The van der Waals surface area contributed by atoms with Crippen molar-refractivity contribution in [3.63, 3.8) is 0 Å². The highest BCUT2D eigenvalue weighted by atomic mass is 16.7. The lowest BCUT2D eigenvalue weighted by molar-refractivity contribution is 0.0734. The summed E-state index contributed by atoms with van der Waals surface area (Å²) in [6.45, 7) is 2.15. The molecular weight excluding hydrogens is 308 g/mol. The van der Waals surface area contributed by atoms with E-state index in [1.807, 2.05) is 25.1 Å². The van der Waals surface area contributed by atoms with E-state index in [1.54, 1.807) is 41.2 Å². The number of fused-ring (bicyclic) bond motifs is 1. The molecule has 0 spiro atoms. The minimum absolute atomic E-state index is 0.182. The van der Waals surface area contributed by atoms with Crippen LogP contribution in [0.15, 0.2) is 54.7 Å². The van der Waals surface area contributed by atoms with Crippen molar-refractivity contribution in [2.24, 2.45) is 0 Å². The SMILES string of the molecule is Cc1ccnn1-c1ccc(C(=O)Oc2ccc3c(c2)OCO3)cc1. The summed E-state index contributed by atoms with van der Waals surface area (Å²) in [6, 6.07) is 14.0. The van der Waals surface area contributed by atoms with Gasteiger partial charge in [-0.15, -0.1) is 0 Å². The number of nitrogens with zero attached hydrogens (tertiary/aromatic N) is 2. The number of hydrogen-bond acceptors (Lipinski definition) is 5. The molecule has 2 aromatic carbocycles. The Morgan fingerprint density at radius 3 is 2.62 bits per heavy atom. The van der Waals surface area contributed by atoms with Crippen LogP contribution in [0.25, 0.3) is 5.69 Å². The first-order valence-corrected chi connectivity index (χ1v) is 7.43. The Bertz CT molecular complexity index is 900. The van der Waals surface area contributed by atoms with Crippen molar-refractivity contribution in [1.29, 1.82) is 0 Å². The molecule has 0 bridgehead atoms. The second-order valence-corrected chi connectivity index (χ2v) is 5.34. The third-order valence-electron chi connectivity index (χ3n) is 3.73. The standard InChI is InChI=1S/C18H14N2O4/c1-12-8-9-19-20(12)14-4-2-13(3-5-14)18(21)24-15-6-7-16-17(10-15)23-11-22-16/h2-10H,11H2,1H3. The molecule has 0 unspecified atom stereocenters. The lowest BCUT2D eigenvalue weighted by Gasteiger charge is -2.07. The van der Waals surface area contributed by atoms with Crippen LogP contribution in [-0.4, -0.2) is 22.5 Å². The van der Waals surface area contributed by atoms with E-state index < -0.39 is 5.97 Å². The molecule has 0 saturated carbocycles. The number of aromatic nitrogens is 2. The Morgan fingerprint density at radius 1 is 1.08 bits per heavy atom. The molecule has 1 aliphatic heterocycles. The lowest BCUT2D eigenvalue weighted by Crippen LogP contribution is -2.09. The molecule has 0 atom stereocenters. The molecule has 24 heavy (non-hydrogen) atoms. The van der Waals surface area contributed by atoms with Crippen molar-refractivity contribution in [3.8, 4) is 22.9 Å². The third-order valence-corrected chi connectivity index (χ3v) is 3.73. The predicted molar refractivity (Wildman–Crippen MR) is 85.8 cm³/mol. The van der Waals surface area contributed by atoms with E-state index in [9.17, 15) is 4.79 Å². The lowest BCUT2D eigenvalue weighted by atomic mass is 10.2. The normalized spacial score (nSPS) is 12.2. The summed E-state index contributed by atoms with van der Waals surface area (Å²) in [5, 5.41) is 4.24. The maximum atomic E-state index is 12.3. The van der Waals surface area contributed by atoms with Gasteiger partial charge in [-0.3, -0.25) is 0 Å². The first-order chi connectivity index (χ1) is 11.7. The van der Waals surface area contributed by atoms with E-state index in [0.29, 0.717) is 22.8 Å². The van der Waals surface area contributed by atoms with Gasteiger partial charge in [0, 0.05) is 18.0 Å². The smallest absolute Gasteiger partial charge is 0.343 e. The molecule has 1 aliphatic rings. The zero-order chi connectivity index (χ0) is 16.5. The monoisotopic (exact) mass is 322 g/mol. The van der Waals surface area contributed by atoms with Crippen molar-refractivity contribution >= 4 is 5.97 Å². The molecule has 0 saturated heterocycles. The van der Waals surface area contributed by atoms with Crippen molar-refractivity contribution in [1.82, 2.24) is 9.78 Å². The fraction of sp³-hybridized carbons (Fsp3) is 0.111. The molecule has 0 radical (unpaired) electrons. The van der Waals surface area contributed by atoms with E-state index in [4.69, 9.17) is 14.2 Å². The van der Waals surface area contributed by atoms with Crippen LogP contribution in [0.5, 0.6) is 17.2 Å². The van der Waals surface area contributed by atoms with Gasteiger partial charge < -0.3 is 14.2 Å². The molecule has 3 aromatic rings. The fourth-order valence-corrected chi connectivity index (χ4v) is 2.48. The van der Waals surface area contributed by atoms with Gasteiger partial charge in [-0.05, 0) is 49.4 Å². The largest absolute Gasteiger partial charge is 0.454 e. The quantitative estimate of drug-likeness (QED) is 0.547. The number of esters is 1. The zero-order valence-electron chi connectivity index (χ0n) is 12.9. The van der Waals surface area contributed by atoms with Crippen LogP contribution in [-0.2, 0) is 0 Å². The number of benzene rings is 2. The summed E-state index contributed by atoms with van der Waals surface area (Å²) >= 11 is 0. The van der Waals surface area contributed by atoms with Gasteiger partial charge in [-0.2, -0.15) is 5.10 Å². The van der Waals surface area contributed by atoms with E-state index >= 15 is 0 Å².